The van der Waals surface area contributed by atoms with Crippen molar-refractivity contribution >= 4 is 23.4 Å². The zero-order valence-corrected chi connectivity index (χ0v) is 16.5. The van der Waals surface area contributed by atoms with E-state index in [4.69, 9.17) is 9.15 Å². The molecule has 2 heterocycles. The lowest BCUT2D eigenvalue weighted by molar-refractivity contribution is -0.113. The predicted octanol–water partition coefficient (Wildman–Crippen LogP) is 3.75. The second-order valence-corrected chi connectivity index (χ2v) is 6.98. The summed E-state index contributed by atoms with van der Waals surface area (Å²) >= 11 is 1.29. The maximum absolute atomic E-state index is 13.0. The van der Waals surface area contributed by atoms with Gasteiger partial charge >= 0.3 is 0 Å². The van der Waals surface area contributed by atoms with Crippen LogP contribution in [0, 0.1) is 12.7 Å². The van der Waals surface area contributed by atoms with Gasteiger partial charge in [0.05, 0.1) is 17.6 Å². The van der Waals surface area contributed by atoms with Crippen LogP contribution in [0.5, 0.6) is 0 Å². The van der Waals surface area contributed by atoms with Crippen molar-refractivity contribution in [2.24, 2.45) is 0 Å². The molecule has 0 aliphatic rings. The number of halogens is 1. The maximum atomic E-state index is 13.0. The van der Waals surface area contributed by atoms with Gasteiger partial charge in [0.25, 0.3) is 0 Å². The van der Waals surface area contributed by atoms with Gasteiger partial charge in [-0.15, -0.1) is 10.2 Å². The molecular formula is C19H21FN4O3S. The molecule has 1 aromatic carbocycles. The fourth-order valence-electron chi connectivity index (χ4n) is 2.64. The molecule has 0 spiro atoms. The minimum absolute atomic E-state index is 0.157. The van der Waals surface area contributed by atoms with Crippen LogP contribution in [0.15, 0.2) is 46.2 Å². The van der Waals surface area contributed by atoms with Gasteiger partial charge in [-0.25, -0.2) is 4.39 Å². The van der Waals surface area contributed by atoms with E-state index in [1.54, 1.807) is 13.4 Å². The van der Waals surface area contributed by atoms with Gasteiger partial charge in [0, 0.05) is 25.9 Å². The predicted molar refractivity (Wildman–Crippen MR) is 105 cm³/mol. The van der Waals surface area contributed by atoms with Crippen molar-refractivity contribution in [3.8, 4) is 11.4 Å². The fourth-order valence-corrected chi connectivity index (χ4v) is 3.41. The molecule has 0 radical (unpaired) electrons. The van der Waals surface area contributed by atoms with Crippen LogP contribution in [0.2, 0.25) is 0 Å². The first kappa shape index (κ1) is 20.1. The number of ether oxygens (including phenoxy) is 1. The summed E-state index contributed by atoms with van der Waals surface area (Å²) in [7, 11) is 1.66. The molecule has 0 atom stereocenters. The highest BCUT2D eigenvalue weighted by Gasteiger charge is 2.18. The van der Waals surface area contributed by atoms with Gasteiger partial charge in [0.1, 0.15) is 11.6 Å². The monoisotopic (exact) mass is 404 g/mol. The van der Waals surface area contributed by atoms with Crippen LogP contribution in [-0.4, -0.2) is 40.1 Å². The molecule has 3 rings (SSSR count). The molecule has 1 amide bonds. The summed E-state index contributed by atoms with van der Waals surface area (Å²) < 4.78 is 25.4. The van der Waals surface area contributed by atoms with E-state index in [0.29, 0.717) is 29.8 Å². The van der Waals surface area contributed by atoms with Crippen LogP contribution in [0.3, 0.4) is 0 Å². The van der Waals surface area contributed by atoms with Crippen LogP contribution >= 0.6 is 11.8 Å². The van der Waals surface area contributed by atoms with E-state index in [9.17, 15) is 9.18 Å². The van der Waals surface area contributed by atoms with E-state index < -0.39 is 0 Å². The third-order valence-electron chi connectivity index (χ3n) is 4.01. The number of methoxy groups -OCH3 is 1. The Labute approximate surface area is 166 Å². The van der Waals surface area contributed by atoms with E-state index in [0.717, 1.165) is 17.7 Å². The Balaban J connectivity index is 1.70. The number of aryl methyl sites for hydroxylation is 1. The van der Waals surface area contributed by atoms with E-state index in [1.165, 1.54) is 36.0 Å². The summed E-state index contributed by atoms with van der Waals surface area (Å²) in [6.45, 7) is 3.13. The number of benzene rings is 1. The van der Waals surface area contributed by atoms with Gasteiger partial charge in [0.2, 0.25) is 5.91 Å². The zero-order valence-electron chi connectivity index (χ0n) is 15.6. The Morgan fingerprint density at radius 3 is 2.75 bits per heavy atom. The molecule has 3 aromatic rings. The number of hydrogen-bond acceptors (Lipinski definition) is 6. The van der Waals surface area contributed by atoms with E-state index >= 15 is 0 Å². The lowest BCUT2D eigenvalue weighted by Gasteiger charge is -2.10. The molecule has 1 N–H and O–H groups in total. The molecule has 148 valence electrons. The highest BCUT2D eigenvalue weighted by Crippen LogP contribution is 2.27. The molecule has 0 fully saturated rings. The Bertz CT molecular complexity index is 924. The fraction of sp³-hybridized carbons (Fsp3) is 0.316. The minimum atomic E-state index is -0.349. The van der Waals surface area contributed by atoms with E-state index in [2.05, 4.69) is 15.5 Å². The summed E-state index contributed by atoms with van der Waals surface area (Å²) in [5.41, 5.74) is 1.41. The van der Waals surface area contributed by atoms with Gasteiger partial charge in [-0.3, -0.25) is 4.79 Å². The number of carbonyl (C=O) groups is 1. The first-order chi connectivity index (χ1) is 13.6. The average molecular weight is 404 g/mol. The van der Waals surface area contributed by atoms with Crippen molar-refractivity contribution in [3.63, 3.8) is 0 Å². The number of nitrogens with one attached hydrogen (secondary N) is 1. The maximum Gasteiger partial charge on any atom is 0.234 e. The first-order valence-corrected chi connectivity index (χ1v) is 9.72. The van der Waals surface area contributed by atoms with Crippen LogP contribution < -0.4 is 5.32 Å². The molecule has 28 heavy (non-hydrogen) atoms. The third kappa shape index (κ3) is 4.99. The quantitative estimate of drug-likeness (QED) is 0.432. The number of thioether (sulfide) groups is 1. The molecule has 0 aliphatic heterocycles. The number of rotatable bonds is 9. The third-order valence-corrected chi connectivity index (χ3v) is 4.97. The van der Waals surface area contributed by atoms with Crippen molar-refractivity contribution in [2.45, 2.75) is 25.0 Å². The van der Waals surface area contributed by atoms with Crippen molar-refractivity contribution < 1.29 is 18.3 Å². The lowest BCUT2D eigenvalue weighted by atomic mass is 10.2. The summed E-state index contributed by atoms with van der Waals surface area (Å²) in [4.78, 5) is 12.2. The van der Waals surface area contributed by atoms with Gasteiger partial charge in [0.15, 0.2) is 11.0 Å². The van der Waals surface area contributed by atoms with Gasteiger partial charge in [-0.05, 0) is 43.7 Å². The second kappa shape index (κ2) is 9.52. The summed E-state index contributed by atoms with van der Waals surface area (Å²) in [5, 5.41) is 11.9. The Morgan fingerprint density at radius 2 is 2.07 bits per heavy atom. The van der Waals surface area contributed by atoms with Gasteiger partial charge < -0.3 is 19.0 Å². The molecule has 0 saturated carbocycles. The molecular weight excluding hydrogens is 383 g/mol. The van der Waals surface area contributed by atoms with E-state index in [1.807, 2.05) is 17.6 Å². The summed E-state index contributed by atoms with van der Waals surface area (Å²) in [5.74, 6) is 1.06. The Kier molecular flexibility index (Phi) is 6.83. The van der Waals surface area contributed by atoms with Crippen molar-refractivity contribution in [2.75, 3.05) is 24.8 Å². The molecule has 0 unspecified atom stereocenters. The van der Waals surface area contributed by atoms with Crippen LogP contribution in [0.4, 0.5) is 10.1 Å². The number of hydrogen-bond donors (Lipinski definition) is 1. The summed E-state index contributed by atoms with van der Waals surface area (Å²) in [6.07, 6.45) is 2.40. The zero-order chi connectivity index (χ0) is 19.9. The topological polar surface area (TPSA) is 82.2 Å². The highest BCUT2D eigenvalue weighted by atomic mass is 32.2. The Hall–Kier alpha value is -2.65. The number of carbonyl (C=O) groups excluding carboxylic acids is 1. The standard InChI is InChI=1S/C19H21FN4O3S/c1-13-16(8-11-27-13)18-22-23-19(24(18)9-3-10-26-2)28-12-17(25)21-15-6-4-14(20)5-7-15/h4-8,11H,3,9-10,12H2,1-2H3,(H,21,25). The van der Waals surface area contributed by atoms with Gasteiger partial charge in [-0.2, -0.15) is 0 Å². The molecule has 2 aromatic heterocycles. The van der Waals surface area contributed by atoms with Crippen LogP contribution in [-0.2, 0) is 16.1 Å². The SMILES string of the molecule is COCCCn1c(SCC(=O)Nc2ccc(F)cc2)nnc1-c1ccoc1C. The van der Waals surface area contributed by atoms with Crippen molar-refractivity contribution in [1.82, 2.24) is 14.8 Å². The second-order valence-electron chi connectivity index (χ2n) is 6.04. The number of furan rings is 1. The number of aromatic nitrogens is 3. The number of amides is 1. The lowest BCUT2D eigenvalue weighted by Crippen LogP contribution is -2.15. The van der Waals surface area contributed by atoms with Crippen molar-refractivity contribution in [1.29, 1.82) is 0 Å². The van der Waals surface area contributed by atoms with E-state index in [-0.39, 0.29) is 17.5 Å². The average Bonchev–Trinajstić information content (AvgIpc) is 3.28. The minimum Gasteiger partial charge on any atom is -0.469 e. The highest BCUT2D eigenvalue weighted by molar-refractivity contribution is 7.99. The molecule has 0 bridgehead atoms. The molecule has 9 heteroatoms. The van der Waals surface area contributed by atoms with Crippen molar-refractivity contribution in [3.05, 3.63) is 48.2 Å². The van der Waals surface area contributed by atoms with Crippen LogP contribution in [0.1, 0.15) is 12.2 Å². The van der Waals surface area contributed by atoms with Gasteiger partial charge in [-0.1, -0.05) is 11.8 Å². The summed E-state index contributed by atoms with van der Waals surface area (Å²) in [6, 6.07) is 7.49. The normalized spacial score (nSPS) is 11.0. The first-order valence-electron chi connectivity index (χ1n) is 8.73. The smallest absolute Gasteiger partial charge is 0.234 e. The Morgan fingerprint density at radius 1 is 1.29 bits per heavy atom. The molecule has 0 saturated heterocycles. The van der Waals surface area contributed by atoms with Crippen LogP contribution in [0.25, 0.3) is 11.4 Å². The molecule has 0 aliphatic carbocycles. The molecule has 7 nitrogen and oxygen atoms in total. The number of anilines is 1. The largest absolute Gasteiger partial charge is 0.469 e. The number of nitrogens with zero attached hydrogens (tertiary/aromatic N) is 3.